The third kappa shape index (κ3) is 6.08. The van der Waals surface area contributed by atoms with Crippen LogP contribution in [0.1, 0.15) is 33.3 Å². The lowest BCUT2D eigenvalue weighted by atomic mass is 10.1. The van der Waals surface area contributed by atoms with E-state index >= 15 is 0 Å². The van der Waals surface area contributed by atoms with Gasteiger partial charge >= 0.3 is 6.09 Å². The minimum atomic E-state index is -0.476. The first-order valence-corrected chi connectivity index (χ1v) is 12.7. The van der Waals surface area contributed by atoms with E-state index in [1.807, 2.05) is 56.0 Å². The number of imidazole rings is 1. The minimum Gasteiger partial charge on any atom is -0.444 e. The zero-order valence-corrected chi connectivity index (χ0v) is 21.9. The number of nitrogens with zero attached hydrogens (tertiary/aromatic N) is 6. The molecule has 0 unspecified atom stereocenters. The number of carbonyl (C=O) groups excluding carboxylic acids is 1. The molecule has 4 heterocycles. The molecule has 0 spiro atoms. The average Bonchev–Trinajstić information content (AvgIpc) is 3.50. The number of piperazine rings is 1. The fourth-order valence-electron chi connectivity index (χ4n) is 4.37. The summed E-state index contributed by atoms with van der Waals surface area (Å²) in [4.78, 5) is 28.9. The number of amides is 1. The quantitative estimate of drug-likeness (QED) is 0.396. The smallest absolute Gasteiger partial charge is 0.410 e. The molecular weight excluding hydrogens is 468 g/mol. The summed E-state index contributed by atoms with van der Waals surface area (Å²) in [5.41, 5.74) is 4.67. The second kappa shape index (κ2) is 10.2. The van der Waals surface area contributed by atoms with Crippen LogP contribution < -0.4 is 5.32 Å². The van der Waals surface area contributed by atoms with Crippen LogP contribution in [-0.2, 0) is 17.8 Å². The molecule has 1 aliphatic heterocycles. The van der Waals surface area contributed by atoms with Crippen LogP contribution in [0.15, 0.2) is 48.9 Å². The molecule has 1 amide bonds. The van der Waals surface area contributed by atoms with Gasteiger partial charge in [0, 0.05) is 57.2 Å². The SMILES string of the molecule is CCn1cc(-c2ccc3nc(Nc4cc(CN5CCN(C(=O)OC(C)(C)C)CC5)ccn4)[nH]c3c2)cn1. The highest BCUT2D eigenvalue weighted by atomic mass is 16.6. The van der Waals surface area contributed by atoms with Gasteiger partial charge in [0.2, 0.25) is 5.95 Å². The normalized spacial score (nSPS) is 14.8. The van der Waals surface area contributed by atoms with E-state index in [0.717, 1.165) is 59.7 Å². The molecule has 0 atom stereocenters. The Hall–Kier alpha value is -3.92. The highest BCUT2D eigenvalue weighted by molar-refractivity contribution is 5.83. The molecule has 4 aromatic rings. The van der Waals surface area contributed by atoms with Crippen molar-refractivity contribution in [1.29, 1.82) is 0 Å². The number of hydrogen-bond acceptors (Lipinski definition) is 7. The number of pyridine rings is 1. The second-order valence-corrected chi connectivity index (χ2v) is 10.3. The van der Waals surface area contributed by atoms with Crippen LogP contribution in [-0.4, -0.2) is 72.4 Å². The highest BCUT2D eigenvalue weighted by Gasteiger charge is 2.25. The molecule has 5 rings (SSSR count). The summed E-state index contributed by atoms with van der Waals surface area (Å²) in [6, 6.07) is 10.2. The van der Waals surface area contributed by atoms with E-state index < -0.39 is 5.60 Å². The van der Waals surface area contributed by atoms with Gasteiger partial charge < -0.3 is 19.9 Å². The molecule has 1 fully saturated rings. The van der Waals surface area contributed by atoms with Crippen molar-refractivity contribution in [3.63, 3.8) is 0 Å². The van der Waals surface area contributed by atoms with Gasteiger partial charge in [0.1, 0.15) is 11.4 Å². The van der Waals surface area contributed by atoms with Crippen LogP contribution in [0.5, 0.6) is 0 Å². The number of H-pyrrole nitrogens is 1. The number of fused-ring (bicyclic) bond motifs is 1. The average molecular weight is 503 g/mol. The fourth-order valence-corrected chi connectivity index (χ4v) is 4.37. The molecule has 1 saturated heterocycles. The van der Waals surface area contributed by atoms with Crippen molar-refractivity contribution in [2.24, 2.45) is 0 Å². The number of aromatic nitrogens is 5. The van der Waals surface area contributed by atoms with Crippen molar-refractivity contribution in [1.82, 2.24) is 34.5 Å². The van der Waals surface area contributed by atoms with Crippen molar-refractivity contribution in [3.05, 3.63) is 54.5 Å². The van der Waals surface area contributed by atoms with E-state index in [1.54, 1.807) is 11.1 Å². The molecule has 37 heavy (non-hydrogen) atoms. The number of aryl methyl sites for hydroxylation is 1. The first kappa shape index (κ1) is 24.8. The van der Waals surface area contributed by atoms with Crippen molar-refractivity contribution in [3.8, 4) is 11.1 Å². The van der Waals surface area contributed by atoms with Gasteiger partial charge in [0.05, 0.1) is 17.2 Å². The third-order valence-electron chi connectivity index (χ3n) is 6.27. The van der Waals surface area contributed by atoms with Crippen LogP contribution in [0.4, 0.5) is 16.6 Å². The monoisotopic (exact) mass is 502 g/mol. The first-order valence-electron chi connectivity index (χ1n) is 12.7. The van der Waals surface area contributed by atoms with E-state index in [4.69, 9.17) is 4.74 Å². The molecule has 1 aromatic carbocycles. The summed E-state index contributed by atoms with van der Waals surface area (Å²) in [6.07, 6.45) is 5.49. The maximum atomic E-state index is 12.3. The molecule has 10 heteroatoms. The number of anilines is 2. The maximum absolute atomic E-state index is 12.3. The second-order valence-electron chi connectivity index (χ2n) is 10.3. The Balaban J connectivity index is 1.20. The predicted molar refractivity (Wildman–Crippen MR) is 144 cm³/mol. The molecule has 0 aliphatic carbocycles. The summed E-state index contributed by atoms with van der Waals surface area (Å²) in [5.74, 6) is 1.38. The van der Waals surface area contributed by atoms with Crippen LogP contribution in [0.2, 0.25) is 0 Å². The summed E-state index contributed by atoms with van der Waals surface area (Å²) in [7, 11) is 0. The zero-order valence-electron chi connectivity index (χ0n) is 21.9. The first-order chi connectivity index (χ1) is 17.8. The summed E-state index contributed by atoms with van der Waals surface area (Å²) < 4.78 is 7.41. The standard InChI is InChI=1S/C27H34N8O2/c1-5-35-18-21(16-29-35)20-6-7-22-23(15-20)31-25(30-22)32-24-14-19(8-9-28-24)17-33-10-12-34(13-11-33)26(36)37-27(2,3)4/h6-9,14-16,18H,5,10-13,17H2,1-4H3,(H2,28,30,31,32). The van der Waals surface area contributed by atoms with Crippen molar-refractivity contribution >= 4 is 28.9 Å². The Morgan fingerprint density at radius 2 is 1.92 bits per heavy atom. The molecule has 0 bridgehead atoms. The number of hydrogen-bond donors (Lipinski definition) is 2. The Morgan fingerprint density at radius 3 is 2.65 bits per heavy atom. The predicted octanol–water partition coefficient (Wildman–Crippen LogP) is 4.64. The highest BCUT2D eigenvalue weighted by Crippen LogP contribution is 2.25. The molecule has 2 N–H and O–H groups in total. The van der Waals surface area contributed by atoms with Gasteiger partial charge in [0.15, 0.2) is 0 Å². The van der Waals surface area contributed by atoms with E-state index in [1.165, 1.54) is 0 Å². The van der Waals surface area contributed by atoms with E-state index in [-0.39, 0.29) is 6.09 Å². The molecule has 0 saturated carbocycles. The number of aromatic amines is 1. The number of rotatable bonds is 6. The Labute approximate surface area is 216 Å². The van der Waals surface area contributed by atoms with Gasteiger partial charge in [-0.2, -0.15) is 5.10 Å². The summed E-state index contributed by atoms with van der Waals surface area (Å²) in [5, 5.41) is 7.68. The Kier molecular flexibility index (Phi) is 6.84. The number of benzene rings is 1. The molecule has 194 valence electrons. The number of ether oxygens (including phenoxy) is 1. The van der Waals surface area contributed by atoms with E-state index in [0.29, 0.717) is 19.0 Å². The largest absolute Gasteiger partial charge is 0.444 e. The van der Waals surface area contributed by atoms with Gasteiger partial charge in [-0.05, 0) is 63.1 Å². The van der Waals surface area contributed by atoms with E-state index in [9.17, 15) is 4.79 Å². The van der Waals surface area contributed by atoms with Crippen LogP contribution >= 0.6 is 0 Å². The Bertz CT molecular complexity index is 1380. The van der Waals surface area contributed by atoms with Gasteiger partial charge in [-0.25, -0.2) is 14.8 Å². The maximum Gasteiger partial charge on any atom is 0.410 e. The molecule has 1 aliphatic rings. The number of nitrogens with one attached hydrogen (secondary N) is 2. The molecule has 10 nitrogen and oxygen atoms in total. The van der Waals surface area contributed by atoms with Crippen LogP contribution in [0.3, 0.4) is 0 Å². The van der Waals surface area contributed by atoms with E-state index in [2.05, 4.69) is 49.3 Å². The fraction of sp³-hybridized carbons (Fsp3) is 0.407. The number of carbonyl (C=O) groups is 1. The van der Waals surface area contributed by atoms with Crippen molar-refractivity contribution in [2.45, 2.75) is 46.4 Å². The lowest BCUT2D eigenvalue weighted by Gasteiger charge is -2.35. The molecular formula is C27H34N8O2. The lowest BCUT2D eigenvalue weighted by molar-refractivity contribution is 0.0139. The van der Waals surface area contributed by atoms with Gasteiger partial charge in [-0.3, -0.25) is 9.58 Å². The molecule has 3 aromatic heterocycles. The summed E-state index contributed by atoms with van der Waals surface area (Å²) >= 11 is 0. The van der Waals surface area contributed by atoms with Crippen LogP contribution in [0, 0.1) is 0 Å². The van der Waals surface area contributed by atoms with Gasteiger partial charge in [-0.1, -0.05) is 6.07 Å². The van der Waals surface area contributed by atoms with Gasteiger partial charge in [-0.15, -0.1) is 0 Å². The summed E-state index contributed by atoms with van der Waals surface area (Å²) in [6.45, 7) is 12.3. The lowest BCUT2D eigenvalue weighted by Crippen LogP contribution is -2.49. The van der Waals surface area contributed by atoms with Crippen molar-refractivity contribution in [2.75, 3.05) is 31.5 Å². The molecule has 0 radical (unpaired) electrons. The van der Waals surface area contributed by atoms with Gasteiger partial charge in [0.25, 0.3) is 0 Å². The third-order valence-corrected chi connectivity index (χ3v) is 6.27. The van der Waals surface area contributed by atoms with Crippen molar-refractivity contribution < 1.29 is 9.53 Å². The Morgan fingerprint density at radius 1 is 1.11 bits per heavy atom. The zero-order chi connectivity index (χ0) is 26.0. The topological polar surface area (TPSA) is 104 Å². The van der Waals surface area contributed by atoms with Crippen LogP contribution in [0.25, 0.3) is 22.2 Å². The minimum absolute atomic E-state index is 0.239.